The smallest absolute Gasteiger partial charge is 0.131 e. The Hall–Kier alpha value is -0.330. The molecule has 0 saturated carbocycles. The second kappa shape index (κ2) is 5.41. The van der Waals surface area contributed by atoms with Crippen molar-refractivity contribution in [3.8, 4) is 0 Å². The highest BCUT2D eigenvalue weighted by molar-refractivity contribution is 7.98. The Balaban J connectivity index is 2.24. The van der Waals surface area contributed by atoms with Gasteiger partial charge in [-0.05, 0) is 11.7 Å². The average molecular weight is 219 g/mol. The maximum atomic E-state index is 8.78. The van der Waals surface area contributed by atoms with E-state index in [1.54, 1.807) is 11.8 Å². The lowest BCUT2D eigenvalue weighted by atomic mass is 10.2. The lowest BCUT2D eigenvalue weighted by molar-refractivity contribution is 0.250. The van der Waals surface area contributed by atoms with Crippen LogP contribution in [0, 0.1) is 5.92 Å². The maximum absolute atomic E-state index is 8.78. The van der Waals surface area contributed by atoms with Gasteiger partial charge in [0.2, 0.25) is 0 Å². The van der Waals surface area contributed by atoms with E-state index in [0.717, 1.165) is 17.2 Å². The van der Waals surface area contributed by atoms with Crippen LogP contribution < -0.4 is 5.73 Å². The molecule has 3 N–H and O–H groups in total. The van der Waals surface area contributed by atoms with Crippen molar-refractivity contribution in [1.29, 1.82) is 0 Å². The van der Waals surface area contributed by atoms with Gasteiger partial charge in [-0.2, -0.15) is 11.8 Å². The molecule has 1 unspecified atom stereocenters. The molecule has 74 valence electrons. The van der Waals surface area contributed by atoms with Crippen molar-refractivity contribution in [2.75, 3.05) is 18.1 Å². The third-order valence-corrected chi connectivity index (χ3v) is 3.42. The Morgan fingerprint density at radius 3 is 3.00 bits per heavy atom. The average Bonchev–Trinajstić information content (AvgIpc) is 2.52. The van der Waals surface area contributed by atoms with Crippen molar-refractivity contribution in [2.24, 2.45) is 5.92 Å². The van der Waals surface area contributed by atoms with Gasteiger partial charge < -0.3 is 10.8 Å². The van der Waals surface area contributed by atoms with Crippen molar-refractivity contribution in [1.82, 2.24) is 9.59 Å². The molecule has 6 heteroatoms. The quantitative estimate of drug-likeness (QED) is 0.772. The number of thioether (sulfide) groups is 1. The molecular weight excluding hydrogens is 206 g/mol. The number of rotatable bonds is 5. The summed E-state index contributed by atoms with van der Waals surface area (Å²) < 4.78 is 3.74. The lowest BCUT2D eigenvalue weighted by Gasteiger charge is -2.05. The molecule has 1 aromatic rings. The number of hydrogen-bond donors (Lipinski definition) is 2. The van der Waals surface area contributed by atoms with Gasteiger partial charge in [-0.3, -0.25) is 0 Å². The molecule has 4 nitrogen and oxygen atoms in total. The van der Waals surface area contributed by atoms with Crippen LogP contribution in [0.1, 0.15) is 12.6 Å². The zero-order valence-electron chi connectivity index (χ0n) is 7.43. The van der Waals surface area contributed by atoms with E-state index in [4.69, 9.17) is 10.8 Å². The van der Waals surface area contributed by atoms with Crippen LogP contribution in [0.5, 0.6) is 0 Å². The summed E-state index contributed by atoms with van der Waals surface area (Å²) in [5, 5.41) is 13.4. The molecule has 0 spiro atoms. The van der Waals surface area contributed by atoms with Gasteiger partial charge in [0.15, 0.2) is 0 Å². The van der Waals surface area contributed by atoms with Gasteiger partial charge in [0.1, 0.15) is 10.7 Å². The Bertz CT molecular complexity index is 254. The number of nitrogens with two attached hydrogens (primary N) is 1. The predicted octanol–water partition coefficient (Wildman–Crippen LogP) is 0.982. The number of nitrogen functional groups attached to an aromatic ring is 1. The number of hydrogen-bond acceptors (Lipinski definition) is 6. The van der Waals surface area contributed by atoms with Crippen LogP contribution in [0.4, 0.5) is 5.00 Å². The predicted molar refractivity (Wildman–Crippen MR) is 56.7 cm³/mol. The van der Waals surface area contributed by atoms with Crippen molar-refractivity contribution in [3.05, 3.63) is 5.69 Å². The van der Waals surface area contributed by atoms with E-state index < -0.39 is 0 Å². The highest BCUT2D eigenvalue weighted by Gasteiger charge is 2.05. The summed E-state index contributed by atoms with van der Waals surface area (Å²) in [6.45, 7) is 2.24. The molecule has 1 atom stereocenters. The van der Waals surface area contributed by atoms with E-state index in [0.29, 0.717) is 10.9 Å². The number of nitrogens with zero attached hydrogens (tertiary/aromatic N) is 2. The first-order valence-corrected chi connectivity index (χ1v) is 5.92. The minimum Gasteiger partial charge on any atom is -0.396 e. The second-order valence-electron chi connectivity index (χ2n) is 2.89. The van der Waals surface area contributed by atoms with Gasteiger partial charge in [-0.25, -0.2) is 0 Å². The fourth-order valence-electron chi connectivity index (χ4n) is 0.725. The molecule has 0 amide bonds. The topological polar surface area (TPSA) is 72.0 Å². The van der Waals surface area contributed by atoms with Crippen LogP contribution in [-0.2, 0) is 5.75 Å². The van der Waals surface area contributed by atoms with Gasteiger partial charge in [0.05, 0.1) is 0 Å². The zero-order valence-corrected chi connectivity index (χ0v) is 9.07. The zero-order chi connectivity index (χ0) is 9.68. The summed E-state index contributed by atoms with van der Waals surface area (Å²) in [6.07, 6.45) is 0. The third-order valence-electron chi connectivity index (χ3n) is 1.54. The fraction of sp³-hybridized carbons (Fsp3) is 0.714. The molecule has 0 aliphatic rings. The molecule has 13 heavy (non-hydrogen) atoms. The molecule has 1 rings (SSSR count). The molecule has 0 aliphatic heterocycles. The summed E-state index contributed by atoms with van der Waals surface area (Å²) in [5.74, 6) is 2.04. The summed E-state index contributed by atoms with van der Waals surface area (Å²) in [4.78, 5) is 0. The van der Waals surface area contributed by atoms with Crippen molar-refractivity contribution in [2.45, 2.75) is 12.7 Å². The first-order chi connectivity index (χ1) is 6.24. The van der Waals surface area contributed by atoms with Gasteiger partial charge >= 0.3 is 0 Å². The molecule has 1 heterocycles. The van der Waals surface area contributed by atoms with E-state index in [1.165, 1.54) is 11.5 Å². The number of aromatic nitrogens is 2. The monoisotopic (exact) mass is 219 g/mol. The molecule has 0 aliphatic carbocycles. The van der Waals surface area contributed by atoms with Crippen LogP contribution in [0.15, 0.2) is 0 Å². The first kappa shape index (κ1) is 10.7. The SMILES string of the molecule is CC(CO)CSCc1nnsc1N. The standard InChI is InChI=1S/C7H13N3OS2/c1-5(2-11)3-12-4-6-7(8)13-10-9-6/h5,11H,2-4,8H2,1H3. The van der Waals surface area contributed by atoms with Gasteiger partial charge in [0, 0.05) is 23.9 Å². The normalized spacial score (nSPS) is 13.1. The Morgan fingerprint density at radius 2 is 2.46 bits per heavy atom. The molecule has 0 saturated heterocycles. The fourth-order valence-corrected chi connectivity index (χ4v) is 2.29. The van der Waals surface area contributed by atoms with Crippen molar-refractivity contribution < 1.29 is 5.11 Å². The minimum atomic E-state index is 0.234. The van der Waals surface area contributed by atoms with Gasteiger partial charge in [0.25, 0.3) is 0 Å². The summed E-state index contributed by atoms with van der Waals surface area (Å²) in [6, 6.07) is 0. The van der Waals surface area contributed by atoms with Crippen LogP contribution in [0.3, 0.4) is 0 Å². The van der Waals surface area contributed by atoms with E-state index in [-0.39, 0.29) is 6.61 Å². The van der Waals surface area contributed by atoms with Gasteiger partial charge in [-0.15, -0.1) is 5.10 Å². The first-order valence-electron chi connectivity index (χ1n) is 3.99. The summed E-state index contributed by atoms with van der Waals surface area (Å²) in [7, 11) is 0. The second-order valence-corrected chi connectivity index (χ2v) is 4.70. The van der Waals surface area contributed by atoms with Crippen molar-refractivity contribution >= 4 is 28.3 Å². The highest BCUT2D eigenvalue weighted by Crippen LogP contribution is 2.20. The van der Waals surface area contributed by atoms with Gasteiger partial charge in [-0.1, -0.05) is 11.4 Å². The van der Waals surface area contributed by atoms with E-state index >= 15 is 0 Å². The Kier molecular flexibility index (Phi) is 4.47. The van der Waals surface area contributed by atoms with E-state index in [9.17, 15) is 0 Å². The van der Waals surface area contributed by atoms with Crippen LogP contribution in [0.25, 0.3) is 0 Å². The summed E-state index contributed by atoms with van der Waals surface area (Å²) in [5.41, 5.74) is 6.48. The summed E-state index contributed by atoms with van der Waals surface area (Å²) >= 11 is 2.94. The Morgan fingerprint density at radius 1 is 1.69 bits per heavy atom. The molecule has 0 aromatic carbocycles. The number of anilines is 1. The van der Waals surface area contributed by atoms with E-state index in [1.807, 2.05) is 6.92 Å². The Labute approximate surface area is 85.7 Å². The minimum absolute atomic E-state index is 0.234. The lowest BCUT2D eigenvalue weighted by Crippen LogP contribution is -2.03. The number of aliphatic hydroxyl groups is 1. The molecule has 0 fully saturated rings. The van der Waals surface area contributed by atoms with E-state index in [2.05, 4.69) is 9.59 Å². The van der Waals surface area contributed by atoms with Crippen molar-refractivity contribution in [3.63, 3.8) is 0 Å². The largest absolute Gasteiger partial charge is 0.396 e. The maximum Gasteiger partial charge on any atom is 0.131 e. The highest BCUT2D eigenvalue weighted by atomic mass is 32.2. The molecule has 0 radical (unpaired) electrons. The van der Waals surface area contributed by atoms with Crippen LogP contribution >= 0.6 is 23.3 Å². The third kappa shape index (κ3) is 3.50. The molecule has 1 aromatic heterocycles. The van der Waals surface area contributed by atoms with Crippen LogP contribution in [-0.4, -0.2) is 27.1 Å². The molecular formula is C7H13N3OS2. The molecule has 0 bridgehead atoms. The number of aliphatic hydroxyl groups excluding tert-OH is 1. The van der Waals surface area contributed by atoms with Crippen LogP contribution in [0.2, 0.25) is 0 Å².